The Balaban J connectivity index is 2.76. The van der Waals surface area contributed by atoms with Crippen molar-refractivity contribution in [2.75, 3.05) is 0 Å². The number of carbonyl (C=O) groups is 1. The van der Waals surface area contributed by atoms with Crippen molar-refractivity contribution < 1.29 is 9.18 Å². The molecule has 14 heavy (non-hydrogen) atoms. The van der Waals surface area contributed by atoms with Crippen molar-refractivity contribution in [3.05, 3.63) is 34.1 Å². The van der Waals surface area contributed by atoms with Gasteiger partial charge < -0.3 is 0 Å². The molecule has 0 radical (unpaired) electrons. The van der Waals surface area contributed by atoms with E-state index in [4.69, 9.17) is 0 Å². The topological polar surface area (TPSA) is 41.5 Å². The van der Waals surface area contributed by atoms with Crippen LogP contribution in [-0.4, -0.2) is 12.1 Å². The molecule has 0 aromatic heterocycles. The van der Waals surface area contributed by atoms with Crippen molar-refractivity contribution in [1.82, 2.24) is 5.43 Å². The molecule has 0 bridgehead atoms. The molecule has 74 valence electrons. The third-order valence-electron chi connectivity index (χ3n) is 1.39. The van der Waals surface area contributed by atoms with Gasteiger partial charge in [0, 0.05) is 17.0 Å². The predicted molar refractivity (Wildman–Crippen MR) is 55.5 cm³/mol. The summed E-state index contributed by atoms with van der Waals surface area (Å²) in [4.78, 5) is 10.4. The molecule has 1 amide bonds. The van der Waals surface area contributed by atoms with E-state index < -0.39 is 5.82 Å². The molecule has 1 rings (SSSR count). The molecule has 0 spiro atoms. The summed E-state index contributed by atoms with van der Waals surface area (Å²) in [5, 5.41) is 3.55. The van der Waals surface area contributed by atoms with Gasteiger partial charge in [0.05, 0.1) is 6.21 Å². The first-order valence-electron chi connectivity index (χ1n) is 3.84. The second-order valence-electron chi connectivity index (χ2n) is 2.59. The van der Waals surface area contributed by atoms with Crippen LogP contribution in [0.25, 0.3) is 0 Å². The molecule has 1 N–H and O–H groups in total. The third-order valence-corrected chi connectivity index (χ3v) is 1.88. The Morgan fingerprint density at radius 2 is 2.36 bits per heavy atom. The van der Waals surface area contributed by atoms with Gasteiger partial charge in [-0.1, -0.05) is 15.9 Å². The normalized spacial score (nSPS) is 10.5. The molecule has 0 aliphatic carbocycles. The fourth-order valence-electron chi connectivity index (χ4n) is 0.799. The smallest absolute Gasteiger partial charge is 0.236 e. The first-order chi connectivity index (χ1) is 6.59. The molecular weight excluding hydrogens is 251 g/mol. The lowest BCUT2D eigenvalue weighted by Crippen LogP contribution is -2.12. The van der Waals surface area contributed by atoms with E-state index in [0.717, 1.165) is 0 Å². The highest BCUT2D eigenvalue weighted by Crippen LogP contribution is 2.13. The third kappa shape index (κ3) is 3.26. The summed E-state index contributed by atoms with van der Waals surface area (Å²) in [5.41, 5.74) is 2.51. The fourth-order valence-corrected chi connectivity index (χ4v) is 1.13. The Kier molecular flexibility index (Phi) is 3.76. The predicted octanol–water partition coefficient (Wildman–Crippen LogP) is 2.06. The minimum atomic E-state index is -0.395. The molecule has 0 saturated heterocycles. The zero-order valence-electron chi connectivity index (χ0n) is 7.42. The molecule has 0 atom stereocenters. The number of nitrogens with one attached hydrogen (secondary N) is 1. The molecular formula is C9H8BrFN2O. The van der Waals surface area contributed by atoms with Gasteiger partial charge in [-0.15, -0.1) is 0 Å². The van der Waals surface area contributed by atoms with E-state index in [1.54, 1.807) is 12.1 Å². The number of hydrogen-bond acceptors (Lipinski definition) is 2. The lowest BCUT2D eigenvalue weighted by molar-refractivity contribution is -0.118. The quantitative estimate of drug-likeness (QED) is 0.641. The SMILES string of the molecule is CC(=O)N/N=C\c1ccc(Br)cc1F. The van der Waals surface area contributed by atoms with E-state index in [2.05, 4.69) is 26.5 Å². The second kappa shape index (κ2) is 4.85. The van der Waals surface area contributed by atoms with Gasteiger partial charge in [-0.3, -0.25) is 4.79 Å². The van der Waals surface area contributed by atoms with Crippen LogP contribution in [0.3, 0.4) is 0 Å². The fraction of sp³-hybridized carbons (Fsp3) is 0.111. The van der Waals surface area contributed by atoms with Crippen molar-refractivity contribution >= 4 is 28.1 Å². The van der Waals surface area contributed by atoms with E-state index in [1.807, 2.05) is 0 Å². The number of carbonyl (C=O) groups excluding carboxylic acids is 1. The van der Waals surface area contributed by atoms with Gasteiger partial charge in [0.2, 0.25) is 5.91 Å². The van der Waals surface area contributed by atoms with Crippen molar-refractivity contribution in [1.29, 1.82) is 0 Å². The highest BCUT2D eigenvalue weighted by atomic mass is 79.9. The lowest BCUT2D eigenvalue weighted by Gasteiger charge is -1.96. The molecule has 0 aliphatic rings. The highest BCUT2D eigenvalue weighted by Gasteiger charge is 1.99. The Labute approximate surface area is 89.1 Å². The number of hydrogen-bond donors (Lipinski definition) is 1. The van der Waals surface area contributed by atoms with E-state index in [1.165, 1.54) is 19.2 Å². The van der Waals surface area contributed by atoms with Crippen LogP contribution in [-0.2, 0) is 4.79 Å². The number of rotatable bonds is 2. The minimum Gasteiger partial charge on any atom is -0.274 e. The number of nitrogens with zero attached hydrogens (tertiary/aromatic N) is 1. The Bertz CT molecular complexity index is 379. The van der Waals surface area contributed by atoms with E-state index in [9.17, 15) is 9.18 Å². The summed E-state index contributed by atoms with van der Waals surface area (Å²) in [7, 11) is 0. The summed E-state index contributed by atoms with van der Waals surface area (Å²) in [5.74, 6) is -0.688. The van der Waals surface area contributed by atoms with Crippen LogP contribution in [0.2, 0.25) is 0 Å². The van der Waals surface area contributed by atoms with E-state index in [0.29, 0.717) is 10.0 Å². The summed E-state index contributed by atoms with van der Waals surface area (Å²) in [6, 6.07) is 4.58. The maximum atomic E-state index is 13.1. The van der Waals surface area contributed by atoms with Crippen LogP contribution < -0.4 is 5.43 Å². The van der Waals surface area contributed by atoms with Crippen molar-refractivity contribution in [3.63, 3.8) is 0 Å². The van der Waals surface area contributed by atoms with Crippen molar-refractivity contribution in [2.24, 2.45) is 5.10 Å². The Morgan fingerprint density at radius 1 is 1.64 bits per heavy atom. The summed E-state index contributed by atoms with van der Waals surface area (Å²) >= 11 is 3.13. The summed E-state index contributed by atoms with van der Waals surface area (Å²) in [6.45, 7) is 1.33. The van der Waals surface area contributed by atoms with Crippen molar-refractivity contribution in [3.8, 4) is 0 Å². The van der Waals surface area contributed by atoms with E-state index in [-0.39, 0.29) is 5.91 Å². The Morgan fingerprint density at radius 3 is 2.93 bits per heavy atom. The standard InChI is InChI=1S/C9H8BrFN2O/c1-6(14)13-12-5-7-2-3-8(10)4-9(7)11/h2-5H,1H3,(H,13,14)/b12-5-. The monoisotopic (exact) mass is 258 g/mol. The van der Waals surface area contributed by atoms with Crippen LogP contribution in [0.5, 0.6) is 0 Å². The molecule has 3 nitrogen and oxygen atoms in total. The maximum absolute atomic E-state index is 13.1. The minimum absolute atomic E-state index is 0.293. The first-order valence-corrected chi connectivity index (χ1v) is 4.63. The molecule has 1 aromatic carbocycles. The van der Waals surface area contributed by atoms with Gasteiger partial charge in [-0.2, -0.15) is 5.10 Å². The molecule has 0 fully saturated rings. The maximum Gasteiger partial charge on any atom is 0.236 e. The van der Waals surface area contributed by atoms with Gasteiger partial charge >= 0.3 is 0 Å². The van der Waals surface area contributed by atoms with Gasteiger partial charge in [-0.25, -0.2) is 9.82 Å². The summed E-state index contributed by atoms with van der Waals surface area (Å²) in [6.07, 6.45) is 1.25. The Hall–Kier alpha value is -1.23. The van der Waals surface area contributed by atoms with E-state index >= 15 is 0 Å². The largest absolute Gasteiger partial charge is 0.274 e. The highest BCUT2D eigenvalue weighted by molar-refractivity contribution is 9.10. The van der Waals surface area contributed by atoms with Crippen LogP contribution in [0.4, 0.5) is 4.39 Å². The second-order valence-corrected chi connectivity index (χ2v) is 3.51. The number of benzene rings is 1. The zero-order valence-corrected chi connectivity index (χ0v) is 9.01. The van der Waals surface area contributed by atoms with Crippen LogP contribution >= 0.6 is 15.9 Å². The van der Waals surface area contributed by atoms with Gasteiger partial charge in [0.25, 0.3) is 0 Å². The zero-order chi connectivity index (χ0) is 10.6. The van der Waals surface area contributed by atoms with Crippen LogP contribution in [0.15, 0.2) is 27.8 Å². The van der Waals surface area contributed by atoms with Gasteiger partial charge in [-0.05, 0) is 18.2 Å². The molecule has 0 saturated carbocycles. The molecule has 0 aliphatic heterocycles. The summed E-state index contributed by atoms with van der Waals surface area (Å²) < 4.78 is 13.8. The molecule has 0 heterocycles. The lowest BCUT2D eigenvalue weighted by atomic mass is 10.2. The van der Waals surface area contributed by atoms with Crippen LogP contribution in [0.1, 0.15) is 12.5 Å². The van der Waals surface area contributed by atoms with Crippen molar-refractivity contribution in [2.45, 2.75) is 6.92 Å². The number of hydrazone groups is 1. The van der Waals surface area contributed by atoms with Gasteiger partial charge in [0.1, 0.15) is 5.82 Å². The molecule has 0 unspecified atom stereocenters. The number of halogens is 2. The van der Waals surface area contributed by atoms with Gasteiger partial charge in [0.15, 0.2) is 0 Å². The average Bonchev–Trinajstić information content (AvgIpc) is 2.08. The first kappa shape index (κ1) is 10.8. The molecule has 5 heteroatoms. The van der Waals surface area contributed by atoms with Crippen LogP contribution in [0, 0.1) is 5.82 Å². The average molecular weight is 259 g/mol. The molecule has 1 aromatic rings. The number of amides is 1.